The van der Waals surface area contributed by atoms with Crippen molar-refractivity contribution in [3.63, 3.8) is 0 Å². The summed E-state index contributed by atoms with van der Waals surface area (Å²) in [5.74, 6) is 1.04. The van der Waals surface area contributed by atoms with Crippen molar-refractivity contribution in [3.05, 3.63) is 22.4 Å². The zero-order valence-electron chi connectivity index (χ0n) is 10.0. The molecule has 1 aromatic heterocycles. The third-order valence-electron chi connectivity index (χ3n) is 3.67. The fourth-order valence-corrected chi connectivity index (χ4v) is 3.32. The molecule has 0 spiro atoms. The lowest BCUT2D eigenvalue weighted by Crippen LogP contribution is -2.29. The number of aliphatic hydroxyl groups excluding tert-OH is 2. The van der Waals surface area contributed by atoms with Gasteiger partial charge in [-0.15, -0.1) is 11.3 Å². The number of aliphatic hydroxyl groups is 2. The van der Waals surface area contributed by atoms with Crippen molar-refractivity contribution in [2.75, 3.05) is 19.7 Å². The average Bonchev–Trinajstić information content (AvgIpc) is 2.99. The maximum atomic E-state index is 9.90. The van der Waals surface area contributed by atoms with Gasteiger partial charge < -0.3 is 15.5 Å². The van der Waals surface area contributed by atoms with E-state index in [9.17, 15) is 10.2 Å². The van der Waals surface area contributed by atoms with Crippen molar-refractivity contribution < 1.29 is 10.2 Å². The second-order valence-electron chi connectivity index (χ2n) is 4.82. The first-order valence-corrected chi connectivity index (χ1v) is 7.22. The van der Waals surface area contributed by atoms with Crippen molar-refractivity contribution in [2.24, 2.45) is 11.8 Å². The fourth-order valence-electron chi connectivity index (χ4n) is 2.61. The third kappa shape index (κ3) is 3.52. The second-order valence-corrected chi connectivity index (χ2v) is 5.80. The summed E-state index contributed by atoms with van der Waals surface area (Å²) < 4.78 is 0. The monoisotopic (exact) mass is 255 g/mol. The van der Waals surface area contributed by atoms with Crippen molar-refractivity contribution in [1.29, 1.82) is 0 Å². The SMILES string of the molecule is OCC1CCCC1CNCC(O)c1cccs1. The van der Waals surface area contributed by atoms with E-state index in [2.05, 4.69) is 5.32 Å². The van der Waals surface area contributed by atoms with Crippen LogP contribution in [-0.4, -0.2) is 29.9 Å². The Labute approximate surface area is 106 Å². The maximum Gasteiger partial charge on any atom is 0.101 e. The van der Waals surface area contributed by atoms with Crippen LogP contribution in [0.4, 0.5) is 0 Å². The third-order valence-corrected chi connectivity index (χ3v) is 4.64. The highest BCUT2D eigenvalue weighted by Gasteiger charge is 2.26. The van der Waals surface area contributed by atoms with Crippen LogP contribution < -0.4 is 5.32 Å². The predicted octanol–water partition coefficient (Wildman–Crippen LogP) is 1.78. The fraction of sp³-hybridized carbons (Fsp3) is 0.692. The Morgan fingerprint density at radius 1 is 1.41 bits per heavy atom. The molecule has 3 atom stereocenters. The van der Waals surface area contributed by atoms with Crippen LogP contribution in [0.1, 0.15) is 30.2 Å². The van der Waals surface area contributed by atoms with Gasteiger partial charge in [0.25, 0.3) is 0 Å². The number of hydrogen-bond acceptors (Lipinski definition) is 4. The zero-order chi connectivity index (χ0) is 12.1. The first kappa shape index (κ1) is 13.0. The van der Waals surface area contributed by atoms with E-state index in [0.717, 1.165) is 17.8 Å². The first-order valence-electron chi connectivity index (χ1n) is 6.34. The van der Waals surface area contributed by atoms with Gasteiger partial charge in [0.1, 0.15) is 6.10 Å². The molecule has 1 aliphatic rings. The topological polar surface area (TPSA) is 52.5 Å². The Hall–Kier alpha value is -0.420. The van der Waals surface area contributed by atoms with Crippen molar-refractivity contribution >= 4 is 11.3 Å². The normalized spacial score (nSPS) is 26.2. The Balaban J connectivity index is 1.69. The number of nitrogens with one attached hydrogen (secondary N) is 1. The van der Waals surface area contributed by atoms with E-state index in [0.29, 0.717) is 25.0 Å². The highest BCUT2D eigenvalue weighted by atomic mass is 32.1. The largest absolute Gasteiger partial charge is 0.396 e. The lowest BCUT2D eigenvalue weighted by Gasteiger charge is -2.19. The van der Waals surface area contributed by atoms with Gasteiger partial charge in [0.15, 0.2) is 0 Å². The Bertz CT molecular complexity index is 315. The van der Waals surface area contributed by atoms with E-state index < -0.39 is 6.10 Å². The summed E-state index contributed by atoms with van der Waals surface area (Å²) in [4.78, 5) is 1.02. The van der Waals surface area contributed by atoms with Crippen LogP contribution >= 0.6 is 11.3 Å². The molecular formula is C13H21NO2S. The van der Waals surface area contributed by atoms with Gasteiger partial charge in [0.2, 0.25) is 0 Å². The molecule has 1 saturated carbocycles. The Morgan fingerprint density at radius 3 is 2.94 bits per heavy atom. The summed E-state index contributed by atoms with van der Waals surface area (Å²) in [6.07, 6.45) is 3.18. The van der Waals surface area contributed by atoms with Crippen LogP contribution in [0, 0.1) is 11.8 Å². The summed E-state index contributed by atoms with van der Waals surface area (Å²) in [5.41, 5.74) is 0. The molecule has 0 aromatic carbocycles. The smallest absolute Gasteiger partial charge is 0.101 e. The van der Waals surface area contributed by atoms with E-state index >= 15 is 0 Å². The molecule has 1 aliphatic carbocycles. The number of rotatable bonds is 6. The minimum Gasteiger partial charge on any atom is -0.396 e. The molecule has 1 aromatic rings. The van der Waals surface area contributed by atoms with Gasteiger partial charge in [-0.2, -0.15) is 0 Å². The molecule has 1 heterocycles. The van der Waals surface area contributed by atoms with Crippen LogP contribution in [0.3, 0.4) is 0 Å². The van der Waals surface area contributed by atoms with Gasteiger partial charge in [0, 0.05) is 18.0 Å². The molecule has 96 valence electrons. The van der Waals surface area contributed by atoms with Crippen LogP contribution in [-0.2, 0) is 0 Å². The van der Waals surface area contributed by atoms with Gasteiger partial charge in [-0.05, 0) is 42.7 Å². The van der Waals surface area contributed by atoms with Crippen molar-refractivity contribution in [1.82, 2.24) is 5.32 Å². The zero-order valence-corrected chi connectivity index (χ0v) is 10.8. The first-order chi connectivity index (χ1) is 8.31. The molecule has 1 fully saturated rings. The standard InChI is InChI=1S/C13H21NO2S/c15-9-11-4-1-3-10(11)7-14-8-12(16)13-5-2-6-17-13/h2,5-6,10-12,14-16H,1,3-4,7-9H2. The van der Waals surface area contributed by atoms with Gasteiger partial charge >= 0.3 is 0 Å². The van der Waals surface area contributed by atoms with Gasteiger partial charge in [0.05, 0.1) is 0 Å². The molecule has 0 radical (unpaired) electrons. The van der Waals surface area contributed by atoms with E-state index in [1.54, 1.807) is 11.3 Å². The van der Waals surface area contributed by atoms with Gasteiger partial charge in [-0.3, -0.25) is 0 Å². The molecule has 3 nitrogen and oxygen atoms in total. The quantitative estimate of drug-likeness (QED) is 0.726. The van der Waals surface area contributed by atoms with Crippen LogP contribution in [0.5, 0.6) is 0 Å². The summed E-state index contributed by atoms with van der Waals surface area (Å²) in [6, 6.07) is 3.92. The van der Waals surface area contributed by atoms with Gasteiger partial charge in [-0.1, -0.05) is 12.5 Å². The lowest BCUT2D eigenvalue weighted by molar-refractivity contribution is 0.165. The molecule has 3 N–H and O–H groups in total. The highest BCUT2D eigenvalue weighted by molar-refractivity contribution is 7.10. The lowest BCUT2D eigenvalue weighted by atomic mass is 9.97. The molecule has 0 amide bonds. The van der Waals surface area contributed by atoms with E-state index in [4.69, 9.17) is 0 Å². The Morgan fingerprint density at radius 2 is 2.24 bits per heavy atom. The van der Waals surface area contributed by atoms with Gasteiger partial charge in [-0.25, -0.2) is 0 Å². The minimum absolute atomic E-state index is 0.305. The van der Waals surface area contributed by atoms with Crippen LogP contribution in [0.25, 0.3) is 0 Å². The summed E-state index contributed by atoms with van der Waals surface area (Å²) in [5, 5.41) is 24.4. The molecular weight excluding hydrogens is 234 g/mol. The minimum atomic E-state index is -0.399. The summed E-state index contributed by atoms with van der Waals surface area (Å²) in [6.45, 7) is 1.82. The second kappa shape index (κ2) is 6.50. The summed E-state index contributed by atoms with van der Waals surface area (Å²) >= 11 is 1.59. The molecule has 4 heteroatoms. The molecule has 0 aliphatic heterocycles. The predicted molar refractivity (Wildman–Crippen MR) is 70.1 cm³/mol. The van der Waals surface area contributed by atoms with E-state index in [1.807, 2.05) is 17.5 Å². The molecule has 0 saturated heterocycles. The highest BCUT2D eigenvalue weighted by Crippen LogP contribution is 2.30. The van der Waals surface area contributed by atoms with Crippen molar-refractivity contribution in [2.45, 2.75) is 25.4 Å². The van der Waals surface area contributed by atoms with Crippen molar-refractivity contribution in [3.8, 4) is 0 Å². The average molecular weight is 255 g/mol. The molecule has 0 bridgehead atoms. The van der Waals surface area contributed by atoms with E-state index in [1.165, 1.54) is 12.8 Å². The number of hydrogen-bond donors (Lipinski definition) is 3. The van der Waals surface area contributed by atoms with E-state index in [-0.39, 0.29) is 0 Å². The maximum absolute atomic E-state index is 9.90. The Kier molecular flexibility index (Phi) is 4.98. The number of thiophene rings is 1. The van der Waals surface area contributed by atoms with Crippen LogP contribution in [0.2, 0.25) is 0 Å². The molecule has 17 heavy (non-hydrogen) atoms. The molecule has 3 unspecified atom stereocenters. The molecule has 2 rings (SSSR count). The van der Waals surface area contributed by atoms with Crippen LogP contribution in [0.15, 0.2) is 17.5 Å². The summed E-state index contributed by atoms with van der Waals surface area (Å²) in [7, 11) is 0.